The van der Waals surface area contributed by atoms with Crippen LogP contribution in [0.25, 0.3) is 5.76 Å². The van der Waals surface area contributed by atoms with Crippen LogP contribution in [0.2, 0.25) is 0 Å². The van der Waals surface area contributed by atoms with E-state index in [4.69, 9.17) is 4.74 Å². The number of aliphatic hydroxyl groups excluding tert-OH is 1. The summed E-state index contributed by atoms with van der Waals surface area (Å²) in [5.74, 6) is -0.276. The molecule has 5 nitrogen and oxygen atoms in total. The lowest BCUT2D eigenvalue weighted by atomic mass is 10.1. The summed E-state index contributed by atoms with van der Waals surface area (Å²) in [4.78, 5) is 26.1. The lowest BCUT2D eigenvalue weighted by Gasteiger charge is -2.21. The molecule has 1 unspecified atom stereocenters. The highest BCUT2D eigenvalue weighted by molar-refractivity contribution is 6.28. The van der Waals surface area contributed by atoms with Crippen molar-refractivity contribution in [2.45, 2.75) is 46.1 Å². The van der Waals surface area contributed by atoms with E-state index in [1.807, 2.05) is 13.8 Å². The van der Waals surface area contributed by atoms with Gasteiger partial charge in [0.2, 0.25) is 0 Å². The number of ketones is 1. The first kappa shape index (κ1) is 18.0. The molecule has 1 aromatic carbocycles. The van der Waals surface area contributed by atoms with E-state index in [0.717, 1.165) is 19.3 Å². The van der Waals surface area contributed by atoms with Gasteiger partial charge in [-0.1, -0.05) is 20.3 Å². The number of carbonyl (C=O) groups excluding carboxylic acids is 2. The molecule has 1 aliphatic rings. The highest BCUT2D eigenvalue weighted by Crippen LogP contribution is 2.26. The molecule has 0 bridgehead atoms. The van der Waals surface area contributed by atoms with Crippen molar-refractivity contribution in [2.24, 2.45) is 0 Å². The minimum atomic E-state index is -0.393. The maximum Gasteiger partial charge on any atom is 0.262 e. The fourth-order valence-corrected chi connectivity index (χ4v) is 2.57. The summed E-state index contributed by atoms with van der Waals surface area (Å²) in [5, 5.41) is 10.4. The number of benzene rings is 1. The number of likely N-dealkylation sites (tertiary alicyclic amines) is 1. The molecule has 0 spiro atoms. The monoisotopic (exact) mass is 331 g/mol. The Labute approximate surface area is 142 Å². The molecule has 1 aromatic rings. The van der Waals surface area contributed by atoms with Gasteiger partial charge in [0.1, 0.15) is 17.1 Å². The molecule has 1 aliphatic heterocycles. The molecule has 0 radical (unpaired) electrons. The van der Waals surface area contributed by atoms with Crippen molar-refractivity contribution in [1.29, 1.82) is 0 Å². The van der Waals surface area contributed by atoms with Gasteiger partial charge in [-0.3, -0.25) is 9.59 Å². The van der Waals surface area contributed by atoms with Crippen molar-refractivity contribution < 1.29 is 19.4 Å². The third-order valence-electron chi connectivity index (χ3n) is 4.32. The summed E-state index contributed by atoms with van der Waals surface area (Å²) in [6.45, 7) is 6.62. The minimum Gasteiger partial charge on any atom is -0.506 e. The van der Waals surface area contributed by atoms with Crippen LogP contribution in [0.1, 0.15) is 45.6 Å². The first-order chi connectivity index (χ1) is 11.5. The molecule has 1 amide bonds. The molecule has 1 heterocycles. The minimum absolute atomic E-state index is 0.0268. The Hall–Kier alpha value is -2.30. The van der Waals surface area contributed by atoms with E-state index < -0.39 is 5.91 Å². The fraction of sp³-hybridized carbons (Fsp3) is 0.474. The summed E-state index contributed by atoms with van der Waals surface area (Å²) in [5.41, 5.74) is 0.329. The Balaban J connectivity index is 2.20. The average Bonchev–Trinajstić information content (AvgIpc) is 2.89. The summed E-state index contributed by atoms with van der Waals surface area (Å²) >= 11 is 0. The van der Waals surface area contributed by atoms with E-state index in [2.05, 4.69) is 6.92 Å². The second-order valence-electron chi connectivity index (χ2n) is 6.06. The number of unbranched alkanes of at least 4 members (excludes halogenated alkanes) is 1. The Bertz CT molecular complexity index is 633. The van der Waals surface area contributed by atoms with Gasteiger partial charge < -0.3 is 14.7 Å². The van der Waals surface area contributed by atoms with Gasteiger partial charge in [0.05, 0.1) is 13.2 Å². The number of nitrogens with zero attached hydrogens (tertiary/aromatic N) is 1. The van der Waals surface area contributed by atoms with E-state index in [-0.39, 0.29) is 29.7 Å². The predicted octanol–water partition coefficient (Wildman–Crippen LogP) is 3.34. The molecule has 0 aliphatic carbocycles. The second-order valence-corrected chi connectivity index (χ2v) is 6.06. The number of ether oxygens (including phenoxy) is 1. The number of hydrogen-bond donors (Lipinski definition) is 1. The molecule has 5 heteroatoms. The Morgan fingerprint density at radius 2 is 1.92 bits per heavy atom. The zero-order valence-electron chi connectivity index (χ0n) is 14.5. The van der Waals surface area contributed by atoms with Crippen molar-refractivity contribution in [3.63, 3.8) is 0 Å². The van der Waals surface area contributed by atoms with Gasteiger partial charge in [-0.15, -0.1) is 0 Å². The zero-order valence-corrected chi connectivity index (χ0v) is 14.5. The second kappa shape index (κ2) is 7.99. The summed E-state index contributed by atoms with van der Waals surface area (Å²) in [6.07, 6.45) is 2.80. The third-order valence-corrected chi connectivity index (χ3v) is 4.32. The zero-order chi connectivity index (χ0) is 17.7. The fourth-order valence-electron chi connectivity index (χ4n) is 2.57. The molecule has 2 rings (SSSR count). The van der Waals surface area contributed by atoms with E-state index >= 15 is 0 Å². The van der Waals surface area contributed by atoms with Gasteiger partial charge in [-0.05, 0) is 44.0 Å². The highest BCUT2D eigenvalue weighted by Gasteiger charge is 2.38. The van der Waals surface area contributed by atoms with Crippen LogP contribution in [0.4, 0.5) is 0 Å². The largest absolute Gasteiger partial charge is 0.506 e. The molecule has 24 heavy (non-hydrogen) atoms. The van der Waals surface area contributed by atoms with Gasteiger partial charge in [-0.2, -0.15) is 0 Å². The topological polar surface area (TPSA) is 66.8 Å². The molecule has 130 valence electrons. The van der Waals surface area contributed by atoms with Crippen LogP contribution >= 0.6 is 0 Å². The number of amides is 1. The Kier molecular flexibility index (Phi) is 6.01. The van der Waals surface area contributed by atoms with Crippen LogP contribution in [0.15, 0.2) is 29.8 Å². The van der Waals surface area contributed by atoms with Gasteiger partial charge in [0.25, 0.3) is 5.91 Å². The summed E-state index contributed by atoms with van der Waals surface area (Å²) in [6, 6.07) is 6.77. The van der Waals surface area contributed by atoms with Crippen LogP contribution in [-0.2, 0) is 9.59 Å². The number of rotatable bonds is 7. The van der Waals surface area contributed by atoms with Gasteiger partial charge in [-0.25, -0.2) is 0 Å². The lowest BCUT2D eigenvalue weighted by molar-refractivity contribution is -0.126. The van der Waals surface area contributed by atoms with Crippen LogP contribution < -0.4 is 4.74 Å². The summed E-state index contributed by atoms with van der Waals surface area (Å²) in [7, 11) is 0. The first-order valence-corrected chi connectivity index (χ1v) is 8.50. The van der Waals surface area contributed by atoms with Crippen molar-refractivity contribution >= 4 is 17.4 Å². The Morgan fingerprint density at radius 1 is 1.25 bits per heavy atom. The molecule has 1 atom stereocenters. The maximum absolute atomic E-state index is 12.4. The van der Waals surface area contributed by atoms with Crippen LogP contribution in [0, 0.1) is 0 Å². The van der Waals surface area contributed by atoms with Crippen molar-refractivity contribution in [2.75, 3.05) is 13.2 Å². The van der Waals surface area contributed by atoms with Crippen molar-refractivity contribution in [1.82, 2.24) is 4.90 Å². The maximum atomic E-state index is 12.4. The van der Waals surface area contributed by atoms with Crippen molar-refractivity contribution in [3.8, 4) is 5.75 Å². The van der Waals surface area contributed by atoms with E-state index in [9.17, 15) is 14.7 Å². The SMILES string of the molecule is CCCCOc1ccc(/C(O)=C2\C(=O)CN(C(C)CC)C2=O)cc1. The van der Waals surface area contributed by atoms with E-state index in [1.165, 1.54) is 4.90 Å². The number of hydrogen-bond acceptors (Lipinski definition) is 4. The van der Waals surface area contributed by atoms with Crippen molar-refractivity contribution in [3.05, 3.63) is 35.4 Å². The van der Waals surface area contributed by atoms with Crippen LogP contribution in [-0.4, -0.2) is 40.9 Å². The molecule has 0 saturated carbocycles. The molecule has 0 aromatic heterocycles. The molecular formula is C19H25NO4. The van der Waals surface area contributed by atoms with E-state index in [0.29, 0.717) is 17.9 Å². The molecular weight excluding hydrogens is 306 g/mol. The summed E-state index contributed by atoms with van der Waals surface area (Å²) < 4.78 is 5.57. The normalized spacial score (nSPS) is 18.0. The van der Waals surface area contributed by atoms with Crippen LogP contribution in [0.5, 0.6) is 5.75 Å². The molecule has 1 saturated heterocycles. The molecule has 1 fully saturated rings. The molecule has 1 N–H and O–H groups in total. The predicted molar refractivity (Wildman–Crippen MR) is 92.9 cm³/mol. The van der Waals surface area contributed by atoms with Gasteiger partial charge in [0, 0.05) is 11.6 Å². The Morgan fingerprint density at radius 3 is 2.50 bits per heavy atom. The average molecular weight is 331 g/mol. The standard InChI is InChI=1S/C19H25NO4/c1-4-6-11-24-15-9-7-14(8-10-15)18(22)17-16(21)12-20(19(17)23)13(3)5-2/h7-10,13,22H,4-6,11-12H2,1-3H3/b18-17-. The highest BCUT2D eigenvalue weighted by atomic mass is 16.5. The van der Waals surface area contributed by atoms with E-state index in [1.54, 1.807) is 24.3 Å². The first-order valence-electron chi connectivity index (χ1n) is 8.50. The number of carbonyl (C=O) groups is 2. The van der Waals surface area contributed by atoms with Gasteiger partial charge in [0.15, 0.2) is 5.78 Å². The smallest absolute Gasteiger partial charge is 0.262 e. The number of Topliss-reactive ketones (excluding diaryl/α,β-unsaturated/α-hetero) is 1. The number of aliphatic hydroxyl groups is 1. The van der Waals surface area contributed by atoms with Crippen LogP contribution in [0.3, 0.4) is 0 Å². The third kappa shape index (κ3) is 3.78. The lowest BCUT2D eigenvalue weighted by Crippen LogP contribution is -2.34. The van der Waals surface area contributed by atoms with Gasteiger partial charge >= 0.3 is 0 Å². The quantitative estimate of drug-likeness (QED) is 0.360.